The molecule has 1 aliphatic heterocycles. The zero-order valence-electron chi connectivity index (χ0n) is 18.0. The first kappa shape index (κ1) is 21.3. The Balaban J connectivity index is 1.63. The monoisotopic (exact) mass is 413 g/mol. The van der Waals surface area contributed by atoms with Crippen LogP contribution in [-0.2, 0) is 9.53 Å². The van der Waals surface area contributed by atoms with E-state index in [1.54, 1.807) is 12.3 Å². The Morgan fingerprint density at radius 3 is 2.47 bits per heavy atom. The molecule has 1 aromatic heterocycles. The third kappa shape index (κ3) is 4.69. The summed E-state index contributed by atoms with van der Waals surface area (Å²) in [5, 5.41) is 3.35. The SMILES string of the molecule is O=C(c1ccccn1)N(C[C@H]1CCCO1)C1(C(=O)NC2CCCCC2)CCCCC1. The Morgan fingerprint density at radius 2 is 1.80 bits per heavy atom. The van der Waals surface area contributed by atoms with Gasteiger partial charge in [0.15, 0.2) is 0 Å². The second-order valence-corrected chi connectivity index (χ2v) is 9.17. The van der Waals surface area contributed by atoms with Crippen LogP contribution in [0.3, 0.4) is 0 Å². The Labute approximate surface area is 179 Å². The fraction of sp³-hybridized carbons (Fsp3) is 0.708. The van der Waals surface area contributed by atoms with E-state index in [2.05, 4.69) is 10.3 Å². The van der Waals surface area contributed by atoms with Crippen molar-refractivity contribution in [3.63, 3.8) is 0 Å². The second kappa shape index (κ2) is 9.90. The first-order chi connectivity index (χ1) is 14.7. The number of aromatic nitrogens is 1. The normalized spacial score (nSPS) is 24.3. The number of rotatable bonds is 6. The molecule has 2 saturated carbocycles. The number of nitrogens with one attached hydrogen (secondary N) is 1. The summed E-state index contributed by atoms with van der Waals surface area (Å²) in [5.41, 5.74) is -0.387. The Hall–Kier alpha value is -1.95. The molecule has 164 valence electrons. The van der Waals surface area contributed by atoms with Gasteiger partial charge in [-0.15, -0.1) is 0 Å². The third-order valence-corrected chi connectivity index (χ3v) is 7.10. The van der Waals surface area contributed by atoms with Gasteiger partial charge in [-0.1, -0.05) is 44.6 Å². The summed E-state index contributed by atoms with van der Waals surface area (Å²) in [6.45, 7) is 1.20. The molecule has 4 rings (SSSR count). The highest BCUT2D eigenvalue weighted by atomic mass is 16.5. The van der Waals surface area contributed by atoms with Crippen molar-refractivity contribution < 1.29 is 14.3 Å². The molecule has 2 aliphatic carbocycles. The molecule has 0 spiro atoms. The molecule has 1 saturated heterocycles. The molecule has 3 aliphatic rings. The molecule has 0 unspecified atom stereocenters. The fourth-order valence-corrected chi connectivity index (χ4v) is 5.39. The minimum absolute atomic E-state index is 0.000977. The fourth-order valence-electron chi connectivity index (χ4n) is 5.39. The van der Waals surface area contributed by atoms with Gasteiger partial charge in [0.2, 0.25) is 5.91 Å². The molecule has 0 aromatic carbocycles. The highest BCUT2D eigenvalue weighted by Gasteiger charge is 2.48. The molecule has 30 heavy (non-hydrogen) atoms. The van der Waals surface area contributed by atoms with E-state index in [0.717, 1.165) is 64.4 Å². The quantitative estimate of drug-likeness (QED) is 0.769. The van der Waals surface area contributed by atoms with Crippen molar-refractivity contribution in [2.45, 2.75) is 94.7 Å². The van der Waals surface area contributed by atoms with Gasteiger partial charge in [-0.05, 0) is 50.7 Å². The first-order valence-electron chi connectivity index (χ1n) is 11.8. The molecular formula is C24H35N3O3. The van der Waals surface area contributed by atoms with Crippen molar-refractivity contribution in [2.75, 3.05) is 13.2 Å². The first-order valence-corrected chi connectivity index (χ1v) is 11.8. The van der Waals surface area contributed by atoms with Crippen LogP contribution in [0, 0.1) is 0 Å². The van der Waals surface area contributed by atoms with Crippen LogP contribution in [0.4, 0.5) is 0 Å². The lowest BCUT2D eigenvalue weighted by atomic mass is 9.78. The van der Waals surface area contributed by atoms with Crippen LogP contribution >= 0.6 is 0 Å². The maximum absolute atomic E-state index is 13.8. The molecule has 2 amide bonds. The maximum atomic E-state index is 13.8. The van der Waals surface area contributed by atoms with E-state index < -0.39 is 5.54 Å². The number of hydrogen-bond donors (Lipinski definition) is 1. The van der Waals surface area contributed by atoms with Crippen molar-refractivity contribution in [3.8, 4) is 0 Å². The van der Waals surface area contributed by atoms with E-state index in [-0.39, 0.29) is 24.0 Å². The van der Waals surface area contributed by atoms with Gasteiger partial charge in [0, 0.05) is 25.4 Å². The number of carbonyl (C=O) groups is 2. The number of ether oxygens (including phenoxy) is 1. The van der Waals surface area contributed by atoms with Crippen molar-refractivity contribution >= 4 is 11.8 Å². The lowest BCUT2D eigenvalue weighted by molar-refractivity contribution is -0.136. The zero-order valence-corrected chi connectivity index (χ0v) is 18.0. The lowest BCUT2D eigenvalue weighted by Gasteiger charge is -2.46. The van der Waals surface area contributed by atoms with Crippen LogP contribution in [0.1, 0.15) is 87.5 Å². The van der Waals surface area contributed by atoms with E-state index >= 15 is 0 Å². The average Bonchev–Trinajstić information content (AvgIpc) is 3.32. The maximum Gasteiger partial charge on any atom is 0.273 e. The minimum Gasteiger partial charge on any atom is -0.376 e. The molecule has 6 heteroatoms. The summed E-state index contributed by atoms with van der Waals surface area (Å²) in [6, 6.07) is 5.63. The number of hydrogen-bond acceptors (Lipinski definition) is 4. The Morgan fingerprint density at radius 1 is 1.03 bits per heavy atom. The molecule has 2 heterocycles. The largest absolute Gasteiger partial charge is 0.376 e. The topological polar surface area (TPSA) is 71.5 Å². The number of carbonyl (C=O) groups excluding carboxylic acids is 2. The summed E-state index contributed by atoms with van der Waals surface area (Å²) in [6.07, 6.45) is 13.8. The van der Waals surface area contributed by atoms with E-state index in [1.807, 2.05) is 17.0 Å². The van der Waals surface area contributed by atoms with E-state index in [4.69, 9.17) is 4.74 Å². The van der Waals surface area contributed by atoms with Gasteiger partial charge in [0.25, 0.3) is 5.91 Å². The Kier molecular flexibility index (Phi) is 7.03. The van der Waals surface area contributed by atoms with Crippen LogP contribution < -0.4 is 5.32 Å². The second-order valence-electron chi connectivity index (χ2n) is 9.17. The van der Waals surface area contributed by atoms with Crippen molar-refractivity contribution in [1.29, 1.82) is 0 Å². The molecule has 6 nitrogen and oxygen atoms in total. The molecule has 3 fully saturated rings. The molecular weight excluding hydrogens is 378 g/mol. The van der Waals surface area contributed by atoms with Crippen molar-refractivity contribution in [3.05, 3.63) is 30.1 Å². The van der Waals surface area contributed by atoms with Crippen molar-refractivity contribution in [1.82, 2.24) is 15.2 Å². The van der Waals surface area contributed by atoms with Crippen LogP contribution in [-0.4, -0.2) is 52.5 Å². The van der Waals surface area contributed by atoms with E-state index in [9.17, 15) is 9.59 Å². The number of nitrogens with zero attached hydrogens (tertiary/aromatic N) is 2. The summed E-state index contributed by atoms with van der Waals surface area (Å²) in [5.74, 6) is -0.108. The van der Waals surface area contributed by atoms with Gasteiger partial charge < -0.3 is 15.0 Å². The average molecular weight is 414 g/mol. The number of amides is 2. The Bertz CT molecular complexity index is 706. The van der Waals surface area contributed by atoms with Gasteiger partial charge in [0.1, 0.15) is 11.2 Å². The van der Waals surface area contributed by atoms with Crippen LogP contribution in [0.25, 0.3) is 0 Å². The highest BCUT2D eigenvalue weighted by molar-refractivity contribution is 5.98. The molecule has 1 atom stereocenters. The van der Waals surface area contributed by atoms with Crippen LogP contribution in [0.2, 0.25) is 0 Å². The minimum atomic E-state index is -0.795. The summed E-state index contributed by atoms with van der Waals surface area (Å²) < 4.78 is 5.89. The van der Waals surface area contributed by atoms with Crippen LogP contribution in [0.5, 0.6) is 0 Å². The predicted octanol–water partition coefficient (Wildman–Crippen LogP) is 3.85. The van der Waals surface area contributed by atoms with E-state index in [0.29, 0.717) is 12.2 Å². The van der Waals surface area contributed by atoms with Gasteiger partial charge in [-0.25, -0.2) is 0 Å². The van der Waals surface area contributed by atoms with E-state index in [1.165, 1.54) is 19.3 Å². The smallest absolute Gasteiger partial charge is 0.273 e. The lowest BCUT2D eigenvalue weighted by Crippen LogP contribution is -2.64. The summed E-state index contributed by atoms with van der Waals surface area (Å²) >= 11 is 0. The summed E-state index contributed by atoms with van der Waals surface area (Å²) in [4.78, 5) is 33.6. The van der Waals surface area contributed by atoms with Crippen LogP contribution in [0.15, 0.2) is 24.4 Å². The van der Waals surface area contributed by atoms with Crippen molar-refractivity contribution in [2.24, 2.45) is 0 Å². The number of pyridine rings is 1. The summed E-state index contributed by atoms with van der Waals surface area (Å²) in [7, 11) is 0. The van der Waals surface area contributed by atoms with Gasteiger partial charge in [-0.2, -0.15) is 0 Å². The highest BCUT2D eigenvalue weighted by Crippen LogP contribution is 2.36. The van der Waals surface area contributed by atoms with Gasteiger partial charge in [0.05, 0.1) is 6.10 Å². The molecule has 1 aromatic rings. The van der Waals surface area contributed by atoms with Gasteiger partial charge in [-0.3, -0.25) is 14.6 Å². The standard InChI is InChI=1S/C24H35N3O3/c28-22(21-13-5-8-16-25-21)27(18-20-12-9-17-30-20)24(14-6-2-7-15-24)23(29)26-19-10-3-1-4-11-19/h5,8,13,16,19-20H,1-4,6-7,9-12,14-15,17-18H2,(H,26,29)/t20-/m1/s1. The van der Waals surface area contributed by atoms with Gasteiger partial charge >= 0.3 is 0 Å². The molecule has 0 bridgehead atoms. The molecule has 1 N–H and O–H groups in total. The predicted molar refractivity (Wildman–Crippen MR) is 115 cm³/mol. The third-order valence-electron chi connectivity index (χ3n) is 7.10. The molecule has 0 radical (unpaired) electrons. The zero-order chi connectivity index (χ0) is 20.8.